The third-order valence-corrected chi connectivity index (χ3v) is 6.83. The van der Waals surface area contributed by atoms with Crippen molar-refractivity contribution < 1.29 is 14.3 Å². The summed E-state index contributed by atoms with van der Waals surface area (Å²) in [5.74, 6) is -0.140. The van der Waals surface area contributed by atoms with Crippen LogP contribution in [0.15, 0.2) is 88.3 Å². The van der Waals surface area contributed by atoms with E-state index in [0.717, 1.165) is 32.6 Å². The smallest absolute Gasteiger partial charge is 0.410 e. The van der Waals surface area contributed by atoms with E-state index in [4.69, 9.17) is 9.73 Å². The number of fused-ring (bicyclic) bond motifs is 1. The first-order valence-electron chi connectivity index (χ1n) is 11.3. The summed E-state index contributed by atoms with van der Waals surface area (Å²) in [5.41, 5.74) is 3.31. The molecule has 1 fully saturated rings. The molecule has 3 aromatic carbocycles. The first-order valence-corrected chi connectivity index (χ1v) is 12.1. The molecule has 0 aliphatic carbocycles. The van der Waals surface area contributed by atoms with Crippen molar-refractivity contribution in [2.24, 2.45) is 4.99 Å². The molecule has 2 aliphatic heterocycles. The van der Waals surface area contributed by atoms with Gasteiger partial charge in [-0.2, -0.15) is 0 Å². The number of hydrogen-bond acceptors (Lipinski definition) is 4. The Morgan fingerprint density at radius 3 is 2.38 bits per heavy atom. The number of ether oxygens (including phenoxy) is 1. The number of aliphatic imine (C=N–C) groups is 1. The standard InChI is InChI=1S/C27H24BrN3O3/c28-21-11-12-23-22(17-21)24(20-9-5-2-6-10-20)30-27(25(32)29-23)13-15-31(16-14-27)26(33)34-18-19-7-3-1-4-8-19/h1-12,17H,13-16,18H2,(H,29,32). The van der Waals surface area contributed by atoms with Crippen LogP contribution in [0.25, 0.3) is 0 Å². The lowest BCUT2D eigenvalue weighted by Crippen LogP contribution is -2.51. The third-order valence-electron chi connectivity index (χ3n) is 6.33. The summed E-state index contributed by atoms with van der Waals surface area (Å²) in [6.45, 7) is 1.02. The number of carbonyl (C=O) groups is 2. The predicted octanol–water partition coefficient (Wildman–Crippen LogP) is 5.41. The largest absolute Gasteiger partial charge is 0.445 e. The number of anilines is 1. The molecule has 1 N–H and O–H groups in total. The maximum Gasteiger partial charge on any atom is 0.410 e. The van der Waals surface area contributed by atoms with Gasteiger partial charge in [0.15, 0.2) is 0 Å². The van der Waals surface area contributed by atoms with Crippen LogP contribution in [-0.4, -0.2) is 41.2 Å². The second-order valence-electron chi connectivity index (χ2n) is 8.53. The molecule has 1 saturated heterocycles. The van der Waals surface area contributed by atoms with Gasteiger partial charge in [0.1, 0.15) is 12.1 Å². The van der Waals surface area contributed by atoms with Crippen LogP contribution < -0.4 is 5.32 Å². The van der Waals surface area contributed by atoms with E-state index < -0.39 is 5.54 Å². The number of amides is 2. The van der Waals surface area contributed by atoms with Crippen molar-refractivity contribution in [3.8, 4) is 0 Å². The Bertz CT molecular complexity index is 1240. The lowest BCUT2D eigenvalue weighted by Gasteiger charge is -2.37. The summed E-state index contributed by atoms with van der Waals surface area (Å²) in [5, 5.41) is 3.09. The summed E-state index contributed by atoms with van der Waals surface area (Å²) in [7, 11) is 0. The molecule has 34 heavy (non-hydrogen) atoms. The molecule has 0 saturated carbocycles. The Morgan fingerprint density at radius 2 is 1.68 bits per heavy atom. The monoisotopic (exact) mass is 517 g/mol. The molecule has 0 radical (unpaired) electrons. The number of piperidine rings is 1. The van der Waals surface area contributed by atoms with Gasteiger partial charge in [-0.1, -0.05) is 76.6 Å². The number of nitrogens with one attached hydrogen (secondary N) is 1. The van der Waals surface area contributed by atoms with Gasteiger partial charge in [-0.25, -0.2) is 4.79 Å². The van der Waals surface area contributed by atoms with Gasteiger partial charge in [-0.3, -0.25) is 9.79 Å². The van der Waals surface area contributed by atoms with Crippen molar-refractivity contribution in [1.29, 1.82) is 0 Å². The molecule has 172 valence electrons. The maximum atomic E-state index is 13.4. The molecule has 0 aromatic heterocycles. The second-order valence-corrected chi connectivity index (χ2v) is 9.44. The van der Waals surface area contributed by atoms with Crippen LogP contribution >= 0.6 is 15.9 Å². The van der Waals surface area contributed by atoms with E-state index >= 15 is 0 Å². The minimum Gasteiger partial charge on any atom is -0.445 e. The molecule has 0 unspecified atom stereocenters. The molecule has 7 heteroatoms. The average Bonchev–Trinajstić information content (AvgIpc) is 2.99. The third kappa shape index (κ3) is 4.48. The van der Waals surface area contributed by atoms with E-state index in [2.05, 4.69) is 21.2 Å². The number of rotatable bonds is 3. The van der Waals surface area contributed by atoms with Gasteiger partial charge >= 0.3 is 6.09 Å². The normalized spacial score (nSPS) is 16.8. The number of benzene rings is 3. The molecule has 2 heterocycles. The van der Waals surface area contributed by atoms with Gasteiger partial charge in [0.05, 0.1) is 11.4 Å². The Hall–Kier alpha value is -3.45. The fourth-order valence-electron chi connectivity index (χ4n) is 4.41. The van der Waals surface area contributed by atoms with E-state index in [-0.39, 0.29) is 18.6 Å². The molecular weight excluding hydrogens is 494 g/mol. The van der Waals surface area contributed by atoms with E-state index in [1.807, 2.05) is 78.9 Å². The highest BCUT2D eigenvalue weighted by Crippen LogP contribution is 2.35. The van der Waals surface area contributed by atoms with Crippen LogP contribution in [0, 0.1) is 0 Å². The van der Waals surface area contributed by atoms with Crippen molar-refractivity contribution in [1.82, 2.24) is 4.90 Å². The number of nitrogens with zero attached hydrogens (tertiary/aromatic N) is 2. The van der Waals surface area contributed by atoms with Crippen LogP contribution in [0.1, 0.15) is 29.5 Å². The molecule has 1 spiro atoms. The van der Waals surface area contributed by atoms with Gasteiger partial charge in [-0.05, 0) is 36.6 Å². The zero-order chi connectivity index (χ0) is 23.5. The van der Waals surface area contributed by atoms with E-state index in [1.54, 1.807) is 4.90 Å². The van der Waals surface area contributed by atoms with Crippen LogP contribution in [0.3, 0.4) is 0 Å². The molecule has 2 aliphatic rings. The fraction of sp³-hybridized carbons (Fsp3) is 0.222. The summed E-state index contributed by atoms with van der Waals surface area (Å²) < 4.78 is 6.41. The highest BCUT2D eigenvalue weighted by atomic mass is 79.9. The van der Waals surface area contributed by atoms with E-state index in [0.29, 0.717) is 25.9 Å². The van der Waals surface area contributed by atoms with Gasteiger partial charge < -0.3 is 15.0 Å². The Balaban J connectivity index is 1.39. The second kappa shape index (κ2) is 9.43. The van der Waals surface area contributed by atoms with Crippen LogP contribution in [-0.2, 0) is 16.1 Å². The summed E-state index contributed by atoms with van der Waals surface area (Å²) in [4.78, 5) is 32.8. The summed E-state index contributed by atoms with van der Waals surface area (Å²) >= 11 is 3.55. The molecule has 0 bridgehead atoms. The predicted molar refractivity (Wildman–Crippen MR) is 135 cm³/mol. The zero-order valence-electron chi connectivity index (χ0n) is 18.5. The molecular formula is C27H24BrN3O3. The highest BCUT2D eigenvalue weighted by molar-refractivity contribution is 9.10. The Morgan fingerprint density at radius 1 is 1.00 bits per heavy atom. The summed E-state index contributed by atoms with van der Waals surface area (Å²) in [6.07, 6.45) is 0.474. The average molecular weight is 518 g/mol. The Labute approximate surface area is 206 Å². The topological polar surface area (TPSA) is 71.0 Å². The highest BCUT2D eigenvalue weighted by Gasteiger charge is 2.44. The first kappa shape index (κ1) is 22.3. The maximum absolute atomic E-state index is 13.4. The molecule has 5 rings (SSSR count). The SMILES string of the molecule is O=C(OCc1ccccc1)N1CCC2(CC1)N=C(c1ccccc1)c1cc(Br)ccc1NC2=O. The van der Waals surface area contributed by atoms with Gasteiger partial charge in [0.2, 0.25) is 0 Å². The van der Waals surface area contributed by atoms with Crippen molar-refractivity contribution in [3.05, 3.63) is 100 Å². The molecule has 6 nitrogen and oxygen atoms in total. The van der Waals surface area contributed by atoms with E-state index in [1.165, 1.54) is 0 Å². The number of hydrogen-bond donors (Lipinski definition) is 1. The van der Waals surface area contributed by atoms with Gasteiger partial charge in [-0.15, -0.1) is 0 Å². The van der Waals surface area contributed by atoms with Crippen LogP contribution in [0.2, 0.25) is 0 Å². The number of halogens is 1. The molecule has 2 amide bonds. The number of likely N-dealkylation sites (tertiary alicyclic amines) is 1. The van der Waals surface area contributed by atoms with Gasteiger partial charge in [0, 0.05) is 28.7 Å². The van der Waals surface area contributed by atoms with Crippen molar-refractivity contribution in [3.63, 3.8) is 0 Å². The number of carbonyl (C=O) groups excluding carboxylic acids is 2. The van der Waals surface area contributed by atoms with E-state index in [9.17, 15) is 9.59 Å². The molecule has 3 aromatic rings. The molecule has 0 atom stereocenters. The Kier molecular flexibility index (Phi) is 6.20. The summed E-state index contributed by atoms with van der Waals surface area (Å²) in [6, 6.07) is 25.3. The van der Waals surface area contributed by atoms with Crippen LogP contribution in [0.4, 0.5) is 10.5 Å². The first-order chi connectivity index (χ1) is 16.5. The minimum absolute atomic E-state index is 0.140. The fourth-order valence-corrected chi connectivity index (χ4v) is 4.77. The van der Waals surface area contributed by atoms with Crippen molar-refractivity contribution in [2.45, 2.75) is 25.0 Å². The van der Waals surface area contributed by atoms with Gasteiger partial charge in [0.25, 0.3) is 5.91 Å². The minimum atomic E-state index is -0.952. The lowest BCUT2D eigenvalue weighted by atomic mass is 9.87. The van der Waals surface area contributed by atoms with Crippen LogP contribution in [0.5, 0.6) is 0 Å². The quantitative estimate of drug-likeness (QED) is 0.504. The van der Waals surface area contributed by atoms with Crippen molar-refractivity contribution >= 4 is 39.3 Å². The van der Waals surface area contributed by atoms with Crippen molar-refractivity contribution in [2.75, 3.05) is 18.4 Å². The lowest BCUT2D eigenvalue weighted by molar-refractivity contribution is -0.122. The zero-order valence-corrected chi connectivity index (χ0v) is 20.1.